The maximum Gasteiger partial charge on any atom is 0.274 e. The molecule has 0 bridgehead atoms. The van der Waals surface area contributed by atoms with Gasteiger partial charge in [-0.3, -0.25) is 9.89 Å². The van der Waals surface area contributed by atoms with E-state index in [0.717, 1.165) is 28.1 Å². The highest BCUT2D eigenvalue weighted by molar-refractivity contribution is 5.43. The third-order valence-electron chi connectivity index (χ3n) is 2.97. The summed E-state index contributed by atoms with van der Waals surface area (Å²) in [6.07, 6.45) is 0. The lowest BCUT2D eigenvalue weighted by Gasteiger charge is -2.06. The molecule has 1 aromatic carbocycles. The number of nitrogens with zero attached hydrogens (tertiary/aromatic N) is 1. The molecule has 2 aromatic rings. The van der Waals surface area contributed by atoms with Gasteiger partial charge < -0.3 is 0 Å². The highest BCUT2D eigenvalue weighted by atomic mass is 16.1. The van der Waals surface area contributed by atoms with Crippen molar-refractivity contribution in [2.24, 2.45) is 0 Å². The third-order valence-corrected chi connectivity index (χ3v) is 2.97. The summed E-state index contributed by atoms with van der Waals surface area (Å²) in [4.78, 5) is 12.0. The van der Waals surface area contributed by atoms with Gasteiger partial charge in [0.2, 0.25) is 0 Å². The van der Waals surface area contributed by atoms with Gasteiger partial charge in [0.25, 0.3) is 5.56 Å². The molecule has 1 heterocycles. The summed E-state index contributed by atoms with van der Waals surface area (Å²) in [5.74, 6) is 0. The Morgan fingerprint density at radius 2 is 1.81 bits per heavy atom. The number of aromatic amines is 1. The molecule has 0 atom stereocenters. The van der Waals surface area contributed by atoms with E-state index in [0.29, 0.717) is 0 Å². The van der Waals surface area contributed by atoms with Crippen LogP contribution >= 0.6 is 0 Å². The first-order valence-electron chi connectivity index (χ1n) is 5.36. The van der Waals surface area contributed by atoms with Crippen molar-refractivity contribution < 1.29 is 0 Å². The third kappa shape index (κ3) is 1.58. The maximum absolute atomic E-state index is 12.0. The first-order chi connectivity index (χ1) is 7.50. The van der Waals surface area contributed by atoms with Crippen molar-refractivity contribution >= 4 is 0 Å². The average molecular weight is 216 g/mol. The SMILES string of the molecule is Cc1ccc(C)c(-n2[nH]c(C)c(C)c2=O)c1. The molecule has 2 rings (SSSR count). The van der Waals surface area contributed by atoms with E-state index in [9.17, 15) is 4.79 Å². The second-order valence-electron chi connectivity index (χ2n) is 4.29. The van der Waals surface area contributed by atoms with Gasteiger partial charge in [0.15, 0.2) is 0 Å². The number of aryl methyl sites for hydroxylation is 3. The van der Waals surface area contributed by atoms with Crippen molar-refractivity contribution in [3.05, 3.63) is 50.9 Å². The van der Waals surface area contributed by atoms with Crippen molar-refractivity contribution in [2.75, 3.05) is 0 Å². The van der Waals surface area contributed by atoms with Crippen molar-refractivity contribution in [1.29, 1.82) is 0 Å². The highest BCUT2D eigenvalue weighted by Gasteiger charge is 2.09. The van der Waals surface area contributed by atoms with Crippen molar-refractivity contribution in [2.45, 2.75) is 27.7 Å². The van der Waals surface area contributed by atoms with Crippen LogP contribution in [-0.4, -0.2) is 9.78 Å². The minimum absolute atomic E-state index is 0.0335. The molecule has 3 heteroatoms. The average Bonchev–Trinajstić information content (AvgIpc) is 2.50. The Morgan fingerprint density at radius 1 is 1.12 bits per heavy atom. The van der Waals surface area contributed by atoms with E-state index in [1.54, 1.807) is 4.68 Å². The van der Waals surface area contributed by atoms with Crippen LogP contribution in [0.25, 0.3) is 5.69 Å². The Balaban J connectivity index is 2.72. The predicted molar refractivity (Wildman–Crippen MR) is 65.3 cm³/mol. The van der Waals surface area contributed by atoms with Crippen molar-refractivity contribution in [3.63, 3.8) is 0 Å². The Hall–Kier alpha value is -1.77. The quantitative estimate of drug-likeness (QED) is 0.781. The second-order valence-corrected chi connectivity index (χ2v) is 4.29. The number of rotatable bonds is 1. The van der Waals surface area contributed by atoms with Gasteiger partial charge in [0.1, 0.15) is 0 Å². The summed E-state index contributed by atoms with van der Waals surface area (Å²) in [5.41, 5.74) is 4.91. The molecule has 0 fully saturated rings. The Bertz CT molecular complexity index is 590. The van der Waals surface area contributed by atoms with Crippen LogP contribution in [0.15, 0.2) is 23.0 Å². The minimum atomic E-state index is 0.0335. The van der Waals surface area contributed by atoms with E-state index < -0.39 is 0 Å². The zero-order valence-electron chi connectivity index (χ0n) is 10.1. The molecule has 3 nitrogen and oxygen atoms in total. The molecule has 0 saturated heterocycles. The molecule has 84 valence electrons. The van der Waals surface area contributed by atoms with Gasteiger partial charge in [-0.15, -0.1) is 0 Å². The van der Waals surface area contributed by atoms with Crippen LogP contribution in [0.2, 0.25) is 0 Å². The summed E-state index contributed by atoms with van der Waals surface area (Å²) < 4.78 is 1.62. The molecule has 0 saturated carbocycles. The van der Waals surface area contributed by atoms with Gasteiger partial charge in [-0.05, 0) is 44.9 Å². The fraction of sp³-hybridized carbons (Fsp3) is 0.308. The minimum Gasteiger partial charge on any atom is -0.295 e. The van der Waals surface area contributed by atoms with Crippen molar-refractivity contribution in [3.8, 4) is 5.69 Å². The number of nitrogens with one attached hydrogen (secondary N) is 1. The normalized spacial score (nSPS) is 10.8. The summed E-state index contributed by atoms with van der Waals surface area (Å²) in [5, 5.41) is 3.10. The van der Waals surface area contributed by atoms with Gasteiger partial charge in [-0.1, -0.05) is 12.1 Å². The molecule has 0 spiro atoms. The van der Waals surface area contributed by atoms with Crippen LogP contribution in [0.4, 0.5) is 0 Å². The number of hydrogen-bond donors (Lipinski definition) is 1. The van der Waals surface area contributed by atoms with Crippen LogP contribution in [-0.2, 0) is 0 Å². The van der Waals surface area contributed by atoms with E-state index in [1.165, 1.54) is 0 Å². The van der Waals surface area contributed by atoms with Crippen LogP contribution < -0.4 is 5.56 Å². The predicted octanol–water partition coefficient (Wildman–Crippen LogP) is 2.40. The molecule has 1 N–H and O–H groups in total. The van der Waals surface area contributed by atoms with Gasteiger partial charge >= 0.3 is 0 Å². The zero-order chi connectivity index (χ0) is 11.9. The first-order valence-corrected chi connectivity index (χ1v) is 5.36. The standard InChI is InChI=1S/C13H16N2O/c1-8-5-6-9(2)12(7-8)15-13(16)10(3)11(4)14-15/h5-7,14H,1-4H3. The highest BCUT2D eigenvalue weighted by Crippen LogP contribution is 2.14. The summed E-state index contributed by atoms with van der Waals surface area (Å²) in [6, 6.07) is 6.10. The van der Waals surface area contributed by atoms with Crippen LogP contribution in [0.5, 0.6) is 0 Å². The molecule has 0 unspecified atom stereocenters. The lowest BCUT2D eigenvalue weighted by atomic mass is 10.1. The Morgan fingerprint density at radius 3 is 2.38 bits per heavy atom. The lowest BCUT2D eigenvalue weighted by Crippen LogP contribution is -2.16. The zero-order valence-corrected chi connectivity index (χ0v) is 10.1. The number of hydrogen-bond acceptors (Lipinski definition) is 1. The summed E-state index contributed by atoms with van der Waals surface area (Å²) in [7, 11) is 0. The van der Waals surface area contributed by atoms with E-state index in [-0.39, 0.29) is 5.56 Å². The van der Waals surface area contributed by atoms with Crippen LogP contribution in [0, 0.1) is 27.7 Å². The Kier molecular flexibility index (Phi) is 2.46. The van der Waals surface area contributed by atoms with Gasteiger partial charge in [-0.25, -0.2) is 4.68 Å². The Labute approximate surface area is 94.7 Å². The molecule has 16 heavy (non-hydrogen) atoms. The maximum atomic E-state index is 12.0. The van der Waals surface area contributed by atoms with Crippen LogP contribution in [0.3, 0.4) is 0 Å². The molecular weight excluding hydrogens is 200 g/mol. The largest absolute Gasteiger partial charge is 0.295 e. The fourth-order valence-electron chi connectivity index (χ4n) is 1.76. The van der Waals surface area contributed by atoms with Crippen molar-refractivity contribution in [1.82, 2.24) is 9.78 Å². The topological polar surface area (TPSA) is 37.8 Å². The second kappa shape index (κ2) is 3.67. The molecule has 1 aromatic heterocycles. The van der Waals surface area contributed by atoms with E-state index in [4.69, 9.17) is 0 Å². The number of benzene rings is 1. The molecule has 0 aliphatic carbocycles. The molecule has 0 aliphatic rings. The first kappa shape index (κ1) is 10.7. The van der Waals surface area contributed by atoms with Gasteiger partial charge in [0.05, 0.1) is 5.69 Å². The molecular formula is C13H16N2O. The fourth-order valence-corrected chi connectivity index (χ4v) is 1.76. The van der Waals surface area contributed by atoms with E-state index in [2.05, 4.69) is 5.10 Å². The van der Waals surface area contributed by atoms with Crippen LogP contribution in [0.1, 0.15) is 22.4 Å². The lowest BCUT2D eigenvalue weighted by molar-refractivity contribution is 0.827. The summed E-state index contributed by atoms with van der Waals surface area (Å²) >= 11 is 0. The molecule has 0 amide bonds. The number of aromatic nitrogens is 2. The molecule has 0 radical (unpaired) electrons. The van der Waals surface area contributed by atoms with Gasteiger partial charge in [0, 0.05) is 11.3 Å². The summed E-state index contributed by atoms with van der Waals surface area (Å²) in [6.45, 7) is 7.79. The monoisotopic (exact) mass is 216 g/mol. The van der Waals surface area contributed by atoms with E-state index in [1.807, 2.05) is 45.9 Å². The van der Waals surface area contributed by atoms with Gasteiger partial charge in [-0.2, -0.15) is 0 Å². The molecule has 0 aliphatic heterocycles. The van der Waals surface area contributed by atoms with E-state index >= 15 is 0 Å². The number of H-pyrrole nitrogens is 1. The smallest absolute Gasteiger partial charge is 0.274 e.